The summed E-state index contributed by atoms with van der Waals surface area (Å²) >= 11 is 27.1. The average Bonchev–Trinajstić information content (AvgIpc) is 3.12. The number of carbonyl (C=O) groups is 1. The molecule has 1 N–H and O–H groups in total. The van der Waals surface area contributed by atoms with Gasteiger partial charge in [0.1, 0.15) is 5.82 Å². The third-order valence-electron chi connectivity index (χ3n) is 4.15. The maximum Gasteiger partial charge on any atom is 0.234 e. The van der Waals surface area contributed by atoms with Crippen LogP contribution in [0, 0.1) is 0 Å². The van der Waals surface area contributed by atoms with Crippen LogP contribution in [0.3, 0.4) is 0 Å². The molecule has 168 valence electrons. The van der Waals surface area contributed by atoms with Gasteiger partial charge in [0, 0.05) is 27.4 Å². The van der Waals surface area contributed by atoms with Gasteiger partial charge in [-0.05, 0) is 35.9 Å². The Morgan fingerprint density at radius 1 is 1.03 bits per heavy atom. The number of benzene rings is 2. The normalized spacial score (nSPS) is 10.9. The van der Waals surface area contributed by atoms with Gasteiger partial charge in [-0.2, -0.15) is 0 Å². The number of allylic oxidation sites excluding steroid dienone is 1. The number of halogens is 4. The van der Waals surface area contributed by atoms with E-state index in [1.165, 1.54) is 11.8 Å². The van der Waals surface area contributed by atoms with Gasteiger partial charge in [-0.25, -0.2) is 0 Å². The van der Waals surface area contributed by atoms with Crippen LogP contribution in [-0.2, 0) is 22.8 Å². The summed E-state index contributed by atoms with van der Waals surface area (Å²) in [6, 6.07) is 10.4. The monoisotopic (exact) mass is 546 g/mol. The predicted octanol–water partition coefficient (Wildman–Crippen LogP) is 7.24. The number of aromatic nitrogens is 3. The summed E-state index contributed by atoms with van der Waals surface area (Å²) in [7, 11) is 0. The summed E-state index contributed by atoms with van der Waals surface area (Å²) in [5.41, 5.74) is 1.51. The highest BCUT2D eigenvalue weighted by atomic mass is 35.5. The molecule has 0 aliphatic heterocycles. The van der Waals surface area contributed by atoms with Crippen molar-refractivity contribution in [2.75, 3.05) is 11.1 Å². The Labute approximate surface area is 214 Å². The molecule has 0 fully saturated rings. The second kappa shape index (κ2) is 12.2. The van der Waals surface area contributed by atoms with Gasteiger partial charge >= 0.3 is 0 Å². The first kappa shape index (κ1) is 25.3. The lowest BCUT2D eigenvalue weighted by molar-refractivity contribution is -0.113. The zero-order chi connectivity index (χ0) is 23.1. The summed E-state index contributed by atoms with van der Waals surface area (Å²) in [6.07, 6.45) is 1.77. The van der Waals surface area contributed by atoms with Crippen LogP contribution in [-0.4, -0.2) is 26.4 Å². The molecule has 0 saturated heterocycles. The topological polar surface area (TPSA) is 59.8 Å². The van der Waals surface area contributed by atoms with Crippen LogP contribution in [0.2, 0.25) is 20.1 Å². The number of nitrogens with one attached hydrogen (secondary N) is 1. The Hall–Kier alpha value is -1.35. The summed E-state index contributed by atoms with van der Waals surface area (Å²) in [4.78, 5) is 12.4. The lowest BCUT2D eigenvalue weighted by Gasteiger charge is -2.09. The zero-order valence-electron chi connectivity index (χ0n) is 16.7. The van der Waals surface area contributed by atoms with Crippen LogP contribution >= 0.6 is 69.9 Å². The number of thioether (sulfide) groups is 2. The van der Waals surface area contributed by atoms with Gasteiger partial charge in [0.25, 0.3) is 0 Å². The fourth-order valence-corrected chi connectivity index (χ4v) is 5.39. The molecule has 0 unspecified atom stereocenters. The number of hydrogen-bond donors (Lipinski definition) is 1. The highest BCUT2D eigenvalue weighted by molar-refractivity contribution is 7.99. The first-order valence-electron chi connectivity index (χ1n) is 9.29. The van der Waals surface area contributed by atoms with E-state index in [0.29, 0.717) is 49.0 Å². The molecule has 1 amide bonds. The number of amides is 1. The molecule has 0 aliphatic carbocycles. The molecule has 0 atom stereocenters. The maximum atomic E-state index is 12.4. The first-order valence-corrected chi connectivity index (χ1v) is 12.9. The molecule has 0 bridgehead atoms. The molecule has 3 aromatic rings. The zero-order valence-corrected chi connectivity index (χ0v) is 21.3. The molecule has 2 aromatic carbocycles. The molecular formula is C21H18Cl4N4OS2. The number of rotatable bonds is 10. The molecule has 0 radical (unpaired) electrons. The van der Waals surface area contributed by atoms with Crippen LogP contribution in [0.25, 0.3) is 0 Å². The van der Waals surface area contributed by atoms with Crippen molar-refractivity contribution < 1.29 is 4.79 Å². The van der Waals surface area contributed by atoms with Crippen LogP contribution < -0.4 is 5.32 Å². The van der Waals surface area contributed by atoms with E-state index in [-0.39, 0.29) is 11.7 Å². The first-order chi connectivity index (χ1) is 15.4. The Kier molecular flexibility index (Phi) is 9.64. The van der Waals surface area contributed by atoms with Crippen LogP contribution in [0.1, 0.15) is 11.4 Å². The van der Waals surface area contributed by atoms with Gasteiger partial charge in [-0.1, -0.05) is 70.3 Å². The lowest BCUT2D eigenvalue weighted by atomic mass is 10.2. The van der Waals surface area contributed by atoms with E-state index in [9.17, 15) is 4.79 Å². The maximum absolute atomic E-state index is 12.4. The summed E-state index contributed by atoms with van der Waals surface area (Å²) < 4.78 is 1.94. The van der Waals surface area contributed by atoms with Crippen molar-refractivity contribution >= 4 is 81.5 Å². The van der Waals surface area contributed by atoms with Crippen LogP contribution in [0.15, 0.2) is 54.2 Å². The van der Waals surface area contributed by atoms with Gasteiger partial charge in [0.05, 0.1) is 22.2 Å². The standard InChI is InChI=1S/C21H18Cl4N4OS2/c1-2-7-29-19(11-31-10-13-3-4-14(22)8-16(13)24)27-28-21(29)32-12-20(30)26-18-6-5-15(23)9-17(18)25/h2-6,8-9H,1,7,10-12H2,(H,26,30). The van der Waals surface area contributed by atoms with Crippen LogP contribution in [0.5, 0.6) is 0 Å². The number of nitrogens with zero attached hydrogens (tertiary/aromatic N) is 3. The third kappa shape index (κ3) is 7.07. The van der Waals surface area contributed by atoms with Gasteiger partial charge in [-0.15, -0.1) is 28.5 Å². The molecule has 11 heteroatoms. The minimum absolute atomic E-state index is 0.155. The van der Waals surface area contributed by atoms with Crippen LogP contribution in [0.4, 0.5) is 5.69 Å². The van der Waals surface area contributed by atoms with Crippen molar-refractivity contribution in [1.29, 1.82) is 0 Å². The molecule has 3 rings (SSSR count). The van der Waals surface area contributed by atoms with Crippen molar-refractivity contribution in [2.24, 2.45) is 0 Å². The SMILES string of the molecule is C=CCn1c(CSCc2ccc(Cl)cc2Cl)nnc1SCC(=O)Nc1ccc(Cl)cc1Cl. The molecule has 5 nitrogen and oxygen atoms in total. The minimum Gasteiger partial charge on any atom is -0.324 e. The quantitative estimate of drug-likeness (QED) is 0.214. The molecule has 0 aliphatic rings. The smallest absolute Gasteiger partial charge is 0.234 e. The van der Waals surface area contributed by atoms with E-state index in [1.807, 2.05) is 16.7 Å². The highest BCUT2D eigenvalue weighted by Gasteiger charge is 2.15. The van der Waals surface area contributed by atoms with Crippen molar-refractivity contribution in [3.8, 4) is 0 Å². The number of hydrogen-bond acceptors (Lipinski definition) is 5. The molecule has 0 saturated carbocycles. The molecular weight excluding hydrogens is 530 g/mol. The van der Waals surface area contributed by atoms with Gasteiger partial charge in [0.15, 0.2) is 5.16 Å². The average molecular weight is 548 g/mol. The van der Waals surface area contributed by atoms with Gasteiger partial charge < -0.3 is 9.88 Å². The second-order valence-electron chi connectivity index (χ2n) is 6.49. The Balaban J connectivity index is 1.58. The van der Waals surface area contributed by atoms with Gasteiger partial charge in [-0.3, -0.25) is 4.79 Å². The summed E-state index contributed by atoms with van der Waals surface area (Å²) in [6.45, 7) is 4.35. The highest BCUT2D eigenvalue weighted by Crippen LogP contribution is 2.28. The van der Waals surface area contributed by atoms with E-state index in [4.69, 9.17) is 46.4 Å². The number of carbonyl (C=O) groups excluding carboxylic acids is 1. The van der Waals surface area contributed by atoms with Crippen molar-refractivity contribution in [2.45, 2.75) is 23.2 Å². The van der Waals surface area contributed by atoms with E-state index >= 15 is 0 Å². The van der Waals surface area contributed by atoms with Crippen molar-refractivity contribution in [1.82, 2.24) is 14.8 Å². The molecule has 1 aromatic heterocycles. The second-order valence-corrected chi connectivity index (χ2v) is 10.1. The van der Waals surface area contributed by atoms with E-state index in [1.54, 1.807) is 42.1 Å². The Morgan fingerprint density at radius 3 is 2.44 bits per heavy atom. The largest absolute Gasteiger partial charge is 0.324 e. The minimum atomic E-state index is -0.208. The Bertz CT molecular complexity index is 1120. The molecule has 0 spiro atoms. The van der Waals surface area contributed by atoms with Crippen molar-refractivity contribution in [3.63, 3.8) is 0 Å². The summed E-state index contributed by atoms with van der Waals surface area (Å²) in [5, 5.41) is 14.1. The predicted molar refractivity (Wildman–Crippen MR) is 137 cm³/mol. The third-order valence-corrected chi connectivity index (χ3v) is 7.23. The fourth-order valence-electron chi connectivity index (χ4n) is 2.64. The van der Waals surface area contributed by atoms with E-state index < -0.39 is 0 Å². The Morgan fingerprint density at radius 2 is 1.75 bits per heavy atom. The lowest BCUT2D eigenvalue weighted by Crippen LogP contribution is -2.15. The van der Waals surface area contributed by atoms with Crippen molar-refractivity contribution in [3.05, 3.63) is 80.5 Å². The summed E-state index contributed by atoms with van der Waals surface area (Å²) in [5.74, 6) is 2.09. The van der Waals surface area contributed by atoms with E-state index in [2.05, 4.69) is 22.1 Å². The fraction of sp³-hybridized carbons (Fsp3) is 0.190. The number of anilines is 1. The molecule has 1 heterocycles. The molecule has 32 heavy (non-hydrogen) atoms. The van der Waals surface area contributed by atoms with Gasteiger partial charge in [0.2, 0.25) is 5.91 Å². The van der Waals surface area contributed by atoms with E-state index in [0.717, 1.165) is 11.4 Å².